The molecule has 0 aliphatic carbocycles. The van der Waals surface area contributed by atoms with E-state index in [-0.39, 0.29) is 12.0 Å². The van der Waals surface area contributed by atoms with Crippen LogP contribution in [0.2, 0.25) is 0 Å². The number of piperidine rings is 1. The van der Waals surface area contributed by atoms with E-state index in [2.05, 4.69) is 4.98 Å². The van der Waals surface area contributed by atoms with E-state index in [0.29, 0.717) is 32.8 Å². The molecule has 154 valence electrons. The van der Waals surface area contributed by atoms with Crippen molar-refractivity contribution in [2.24, 2.45) is 0 Å². The highest BCUT2D eigenvalue weighted by Crippen LogP contribution is 2.34. The lowest BCUT2D eigenvalue weighted by Gasteiger charge is -2.32. The summed E-state index contributed by atoms with van der Waals surface area (Å²) in [7, 11) is 0. The van der Waals surface area contributed by atoms with E-state index in [0.717, 1.165) is 47.2 Å². The van der Waals surface area contributed by atoms with Crippen LogP contribution in [-0.2, 0) is 16.1 Å². The molecule has 0 bridgehead atoms. The summed E-state index contributed by atoms with van der Waals surface area (Å²) in [4.78, 5) is 20.0. The summed E-state index contributed by atoms with van der Waals surface area (Å²) in [5, 5.41) is 0. The van der Waals surface area contributed by atoms with Crippen LogP contribution in [0.4, 0.5) is 0 Å². The number of benzene rings is 1. The molecule has 1 fully saturated rings. The van der Waals surface area contributed by atoms with Crippen molar-refractivity contribution < 1.29 is 19.0 Å². The second-order valence-electron chi connectivity index (χ2n) is 7.14. The normalized spacial score (nSPS) is 18.5. The van der Waals surface area contributed by atoms with Crippen molar-refractivity contribution in [3.8, 4) is 11.5 Å². The summed E-state index contributed by atoms with van der Waals surface area (Å²) < 4.78 is 17.2. The quantitative estimate of drug-likeness (QED) is 0.646. The Bertz CT molecular complexity index is 818. The number of ether oxygens (including phenoxy) is 3. The van der Waals surface area contributed by atoms with Crippen molar-refractivity contribution in [2.45, 2.75) is 36.9 Å². The molecular weight excluding hydrogens is 388 g/mol. The summed E-state index contributed by atoms with van der Waals surface area (Å²) >= 11 is 1.67. The van der Waals surface area contributed by atoms with Crippen molar-refractivity contribution in [3.63, 3.8) is 0 Å². The Hall–Kier alpha value is -2.25. The Labute approximate surface area is 175 Å². The summed E-state index contributed by atoms with van der Waals surface area (Å²) in [6.07, 6.45) is 4.34. The van der Waals surface area contributed by atoms with E-state index >= 15 is 0 Å². The molecule has 29 heavy (non-hydrogen) atoms. The number of thioether (sulfide) groups is 1. The van der Waals surface area contributed by atoms with E-state index in [1.54, 1.807) is 18.0 Å². The van der Waals surface area contributed by atoms with Crippen LogP contribution >= 0.6 is 11.8 Å². The Balaban J connectivity index is 1.21. The number of likely N-dealkylation sites (tertiary alicyclic amines) is 1. The summed E-state index contributed by atoms with van der Waals surface area (Å²) in [5.74, 6) is 2.52. The standard InChI is InChI=1S/C22H26N2O4S/c25-22(8-13-29-19-6-7-20-21(14-19)27-12-11-26-20)24-10-3-5-18(15-24)28-16-17-4-1-2-9-23-17/h1-2,4,6-7,9,14,18H,3,5,8,10-13,15-16H2. The van der Waals surface area contributed by atoms with Gasteiger partial charge >= 0.3 is 0 Å². The fourth-order valence-electron chi connectivity index (χ4n) is 3.52. The van der Waals surface area contributed by atoms with Gasteiger partial charge in [0, 0.05) is 36.4 Å². The van der Waals surface area contributed by atoms with Crippen molar-refractivity contribution >= 4 is 17.7 Å². The zero-order chi connectivity index (χ0) is 19.9. The van der Waals surface area contributed by atoms with Crippen molar-refractivity contribution in [3.05, 3.63) is 48.3 Å². The minimum absolute atomic E-state index is 0.0835. The summed E-state index contributed by atoms with van der Waals surface area (Å²) in [6, 6.07) is 11.8. The van der Waals surface area contributed by atoms with E-state index in [4.69, 9.17) is 14.2 Å². The molecule has 2 aliphatic heterocycles. The fourth-order valence-corrected chi connectivity index (χ4v) is 4.38. The molecule has 1 aromatic carbocycles. The van der Waals surface area contributed by atoms with Crippen molar-refractivity contribution in [1.29, 1.82) is 0 Å². The molecule has 0 saturated carbocycles. The number of pyridine rings is 1. The molecule has 2 aromatic rings. The Morgan fingerprint density at radius 3 is 2.97 bits per heavy atom. The lowest BCUT2D eigenvalue weighted by atomic mass is 10.1. The molecule has 1 saturated heterocycles. The number of rotatable bonds is 7. The van der Waals surface area contributed by atoms with Gasteiger partial charge in [-0.1, -0.05) is 6.07 Å². The zero-order valence-electron chi connectivity index (χ0n) is 16.4. The van der Waals surface area contributed by atoms with Gasteiger partial charge in [-0.15, -0.1) is 11.8 Å². The maximum Gasteiger partial charge on any atom is 0.223 e. The predicted molar refractivity (Wildman–Crippen MR) is 111 cm³/mol. The monoisotopic (exact) mass is 414 g/mol. The SMILES string of the molecule is O=C(CCSc1ccc2c(c1)OCCO2)N1CCCC(OCc2ccccn2)C1. The maximum atomic E-state index is 12.6. The molecule has 2 aliphatic rings. The molecule has 7 heteroatoms. The summed E-state index contributed by atoms with van der Waals surface area (Å²) in [5.41, 5.74) is 0.923. The molecule has 0 N–H and O–H groups in total. The number of nitrogens with zero attached hydrogens (tertiary/aromatic N) is 2. The van der Waals surface area contributed by atoms with Gasteiger partial charge < -0.3 is 19.1 Å². The number of aromatic nitrogens is 1. The van der Waals surface area contributed by atoms with E-state index in [9.17, 15) is 4.79 Å². The largest absolute Gasteiger partial charge is 0.486 e. The molecule has 3 heterocycles. The van der Waals surface area contributed by atoms with Gasteiger partial charge in [-0.25, -0.2) is 0 Å². The van der Waals surface area contributed by atoms with Crippen LogP contribution in [0.3, 0.4) is 0 Å². The molecule has 1 atom stereocenters. The second-order valence-corrected chi connectivity index (χ2v) is 8.31. The highest BCUT2D eigenvalue weighted by Gasteiger charge is 2.24. The van der Waals surface area contributed by atoms with Crippen LogP contribution < -0.4 is 9.47 Å². The number of hydrogen-bond acceptors (Lipinski definition) is 6. The first-order chi connectivity index (χ1) is 14.3. The summed E-state index contributed by atoms with van der Waals surface area (Å²) in [6.45, 7) is 3.15. The average molecular weight is 415 g/mol. The number of amides is 1. The molecule has 1 unspecified atom stereocenters. The van der Waals surface area contributed by atoms with E-state index in [1.807, 2.05) is 41.3 Å². The predicted octanol–water partition coefficient (Wildman–Crippen LogP) is 3.54. The van der Waals surface area contributed by atoms with Crippen molar-refractivity contribution in [1.82, 2.24) is 9.88 Å². The molecule has 4 rings (SSSR count). The lowest BCUT2D eigenvalue weighted by molar-refractivity contribution is -0.135. The third kappa shape index (κ3) is 5.64. The van der Waals surface area contributed by atoms with Crippen LogP contribution in [0, 0.1) is 0 Å². The van der Waals surface area contributed by atoms with Gasteiger partial charge in [0.1, 0.15) is 13.2 Å². The van der Waals surface area contributed by atoms with Crippen molar-refractivity contribution in [2.75, 3.05) is 32.1 Å². The van der Waals surface area contributed by atoms with Gasteiger partial charge in [-0.05, 0) is 43.2 Å². The fraction of sp³-hybridized carbons (Fsp3) is 0.455. The maximum absolute atomic E-state index is 12.6. The van der Waals surface area contributed by atoms with E-state index in [1.165, 1.54) is 0 Å². The Kier molecular flexibility index (Phi) is 6.90. The highest BCUT2D eigenvalue weighted by molar-refractivity contribution is 7.99. The Morgan fingerprint density at radius 1 is 1.21 bits per heavy atom. The highest BCUT2D eigenvalue weighted by atomic mass is 32.2. The van der Waals surface area contributed by atoms with Crippen LogP contribution in [0.15, 0.2) is 47.5 Å². The minimum atomic E-state index is 0.0835. The first-order valence-electron chi connectivity index (χ1n) is 10.1. The van der Waals surface area contributed by atoms with Crippen LogP contribution in [-0.4, -0.2) is 54.0 Å². The zero-order valence-corrected chi connectivity index (χ0v) is 17.2. The van der Waals surface area contributed by atoms with E-state index < -0.39 is 0 Å². The first kappa shape index (κ1) is 20.0. The molecule has 1 amide bonds. The van der Waals surface area contributed by atoms with Gasteiger partial charge in [0.05, 0.1) is 18.4 Å². The Morgan fingerprint density at radius 2 is 2.10 bits per heavy atom. The topological polar surface area (TPSA) is 60.9 Å². The van der Waals surface area contributed by atoms with Gasteiger partial charge in [0.2, 0.25) is 5.91 Å². The molecular formula is C22H26N2O4S. The second kappa shape index (κ2) is 9.98. The first-order valence-corrected chi connectivity index (χ1v) is 11.1. The van der Waals surface area contributed by atoms with Crippen LogP contribution in [0.1, 0.15) is 25.0 Å². The van der Waals surface area contributed by atoms with Crippen LogP contribution in [0.5, 0.6) is 11.5 Å². The molecule has 6 nitrogen and oxygen atoms in total. The lowest BCUT2D eigenvalue weighted by Crippen LogP contribution is -2.43. The number of fused-ring (bicyclic) bond motifs is 1. The molecule has 0 spiro atoms. The van der Waals surface area contributed by atoms with Crippen LogP contribution in [0.25, 0.3) is 0 Å². The molecule has 0 radical (unpaired) electrons. The van der Waals surface area contributed by atoms with Gasteiger partial charge in [-0.3, -0.25) is 9.78 Å². The van der Waals surface area contributed by atoms with Gasteiger partial charge in [-0.2, -0.15) is 0 Å². The third-order valence-corrected chi connectivity index (χ3v) is 6.02. The number of hydrogen-bond donors (Lipinski definition) is 0. The average Bonchev–Trinajstić information content (AvgIpc) is 2.78. The minimum Gasteiger partial charge on any atom is -0.486 e. The number of carbonyl (C=O) groups excluding carboxylic acids is 1. The van der Waals surface area contributed by atoms with Gasteiger partial charge in [0.25, 0.3) is 0 Å². The smallest absolute Gasteiger partial charge is 0.223 e. The third-order valence-electron chi connectivity index (χ3n) is 5.02. The molecule has 1 aromatic heterocycles. The number of carbonyl (C=O) groups is 1. The van der Waals surface area contributed by atoms with Gasteiger partial charge in [0.15, 0.2) is 11.5 Å².